The molecule has 0 heterocycles. The van der Waals surface area contributed by atoms with E-state index >= 15 is 0 Å². The number of hydrogen-bond donors (Lipinski definition) is 0. The molecule has 4 heteroatoms. The molecule has 24 heavy (non-hydrogen) atoms. The molecule has 0 spiro atoms. The van der Waals surface area contributed by atoms with Gasteiger partial charge in [-0.3, -0.25) is 0 Å². The molecule has 4 nitrogen and oxygen atoms in total. The van der Waals surface area contributed by atoms with Crippen LogP contribution in [-0.4, -0.2) is 25.2 Å². The van der Waals surface area contributed by atoms with Crippen LogP contribution >= 0.6 is 0 Å². The average Bonchev–Trinajstić information content (AvgIpc) is 2.63. The van der Waals surface area contributed by atoms with Crippen LogP contribution in [0.5, 0.6) is 0 Å². The molecule has 0 radical (unpaired) electrons. The summed E-state index contributed by atoms with van der Waals surface area (Å²) in [6.07, 6.45) is 1.48. The molecular formula is C20H22O4. The molecule has 0 amide bonds. The summed E-state index contributed by atoms with van der Waals surface area (Å²) in [6, 6.07) is 17.9. The molecule has 2 aromatic rings. The van der Waals surface area contributed by atoms with Crippen molar-refractivity contribution in [2.24, 2.45) is 5.92 Å². The lowest BCUT2D eigenvalue weighted by Gasteiger charge is -2.12. The van der Waals surface area contributed by atoms with Gasteiger partial charge >= 0.3 is 11.9 Å². The van der Waals surface area contributed by atoms with E-state index in [0.29, 0.717) is 30.3 Å². The minimum absolute atomic E-state index is 0.303. The van der Waals surface area contributed by atoms with Gasteiger partial charge < -0.3 is 9.47 Å². The quantitative estimate of drug-likeness (QED) is 0.685. The Morgan fingerprint density at radius 2 is 1.12 bits per heavy atom. The molecule has 126 valence electrons. The molecule has 2 rings (SSSR count). The first-order chi connectivity index (χ1) is 11.7. The van der Waals surface area contributed by atoms with E-state index in [4.69, 9.17) is 9.47 Å². The topological polar surface area (TPSA) is 52.6 Å². The van der Waals surface area contributed by atoms with Gasteiger partial charge in [-0.1, -0.05) is 43.3 Å². The molecule has 0 aliphatic rings. The number of rotatable bonds is 8. The average molecular weight is 326 g/mol. The Morgan fingerprint density at radius 3 is 1.50 bits per heavy atom. The Morgan fingerprint density at radius 1 is 0.750 bits per heavy atom. The van der Waals surface area contributed by atoms with Crippen molar-refractivity contribution in [1.82, 2.24) is 0 Å². The van der Waals surface area contributed by atoms with Gasteiger partial charge in [0.15, 0.2) is 0 Å². The maximum absolute atomic E-state index is 11.8. The van der Waals surface area contributed by atoms with Crippen molar-refractivity contribution < 1.29 is 19.1 Å². The Hall–Kier alpha value is -2.62. The smallest absolute Gasteiger partial charge is 0.338 e. The van der Waals surface area contributed by atoms with Crippen LogP contribution < -0.4 is 0 Å². The molecule has 0 saturated heterocycles. The molecule has 0 fully saturated rings. The summed E-state index contributed by atoms with van der Waals surface area (Å²) in [7, 11) is 0. The first kappa shape index (κ1) is 17.7. The standard InChI is InChI=1S/C20H22O4/c1-16(12-14-23-19(21)17-8-4-2-5-9-17)13-15-24-20(22)18-10-6-3-7-11-18/h2-11,16H,12-15H2,1H3. The second-order valence-electron chi connectivity index (χ2n) is 5.69. The van der Waals surface area contributed by atoms with Crippen LogP contribution in [0.1, 0.15) is 40.5 Å². The van der Waals surface area contributed by atoms with E-state index in [1.165, 1.54) is 0 Å². The van der Waals surface area contributed by atoms with Crippen LogP contribution in [0.2, 0.25) is 0 Å². The number of carbonyl (C=O) groups is 2. The number of carbonyl (C=O) groups excluding carboxylic acids is 2. The van der Waals surface area contributed by atoms with Crippen LogP contribution in [-0.2, 0) is 9.47 Å². The van der Waals surface area contributed by atoms with Crippen molar-refractivity contribution in [3.8, 4) is 0 Å². The van der Waals surface area contributed by atoms with Gasteiger partial charge in [-0.2, -0.15) is 0 Å². The van der Waals surface area contributed by atoms with Gasteiger partial charge in [0, 0.05) is 0 Å². The van der Waals surface area contributed by atoms with Crippen molar-refractivity contribution in [3.05, 3.63) is 71.8 Å². The molecule has 2 aromatic carbocycles. The molecular weight excluding hydrogens is 304 g/mol. The Balaban J connectivity index is 1.61. The number of benzene rings is 2. The normalized spacial score (nSPS) is 10.4. The van der Waals surface area contributed by atoms with Crippen molar-refractivity contribution in [2.45, 2.75) is 19.8 Å². The monoisotopic (exact) mass is 326 g/mol. The fourth-order valence-electron chi connectivity index (χ4n) is 2.17. The van der Waals surface area contributed by atoms with E-state index in [-0.39, 0.29) is 11.9 Å². The van der Waals surface area contributed by atoms with E-state index in [0.717, 1.165) is 12.8 Å². The summed E-state index contributed by atoms with van der Waals surface area (Å²) in [5.74, 6) is -0.311. The van der Waals surface area contributed by atoms with Crippen molar-refractivity contribution in [3.63, 3.8) is 0 Å². The van der Waals surface area contributed by atoms with E-state index in [2.05, 4.69) is 0 Å². The highest BCUT2D eigenvalue weighted by atomic mass is 16.5. The lowest BCUT2D eigenvalue weighted by atomic mass is 10.1. The fraction of sp³-hybridized carbons (Fsp3) is 0.300. The second-order valence-corrected chi connectivity index (χ2v) is 5.69. The zero-order valence-corrected chi connectivity index (χ0v) is 13.8. The fourth-order valence-corrected chi connectivity index (χ4v) is 2.17. The van der Waals surface area contributed by atoms with Crippen LogP contribution in [0.15, 0.2) is 60.7 Å². The summed E-state index contributed by atoms with van der Waals surface area (Å²) < 4.78 is 10.5. The molecule has 0 unspecified atom stereocenters. The lowest BCUT2D eigenvalue weighted by molar-refractivity contribution is 0.0450. The highest BCUT2D eigenvalue weighted by molar-refractivity contribution is 5.89. The summed E-state index contributed by atoms with van der Waals surface area (Å²) >= 11 is 0. The molecule has 0 aromatic heterocycles. The van der Waals surface area contributed by atoms with Gasteiger partial charge in [-0.25, -0.2) is 9.59 Å². The Labute approximate surface area is 142 Å². The summed E-state index contributed by atoms with van der Waals surface area (Å²) in [4.78, 5) is 23.6. The van der Waals surface area contributed by atoms with Gasteiger partial charge in [-0.05, 0) is 43.0 Å². The zero-order chi connectivity index (χ0) is 17.2. The van der Waals surface area contributed by atoms with E-state index in [1.807, 2.05) is 19.1 Å². The maximum atomic E-state index is 11.8. The highest BCUT2D eigenvalue weighted by Gasteiger charge is 2.10. The molecule has 0 N–H and O–H groups in total. The van der Waals surface area contributed by atoms with Crippen molar-refractivity contribution in [1.29, 1.82) is 0 Å². The molecule has 0 saturated carbocycles. The van der Waals surface area contributed by atoms with Gasteiger partial charge in [0.2, 0.25) is 0 Å². The third kappa shape index (κ3) is 5.88. The number of ether oxygens (including phenoxy) is 2. The third-order valence-corrected chi connectivity index (χ3v) is 3.71. The summed E-state index contributed by atoms with van der Waals surface area (Å²) in [5, 5.41) is 0. The molecule has 0 atom stereocenters. The van der Waals surface area contributed by atoms with E-state index in [9.17, 15) is 9.59 Å². The summed E-state index contributed by atoms with van der Waals surface area (Å²) in [6.45, 7) is 2.77. The predicted molar refractivity (Wildman–Crippen MR) is 91.8 cm³/mol. The second kappa shape index (κ2) is 9.50. The first-order valence-corrected chi connectivity index (χ1v) is 8.11. The summed E-state index contributed by atoms with van der Waals surface area (Å²) in [5.41, 5.74) is 1.11. The zero-order valence-electron chi connectivity index (χ0n) is 13.8. The Bertz CT molecular complexity index is 580. The lowest BCUT2D eigenvalue weighted by Crippen LogP contribution is -2.12. The Kier molecular flexibility index (Phi) is 7.02. The van der Waals surface area contributed by atoms with Crippen molar-refractivity contribution >= 4 is 11.9 Å². The molecule has 0 aliphatic heterocycles. The number of hydrogen-bond acceptors (Lipinski definition) is 4. The van der Waals surface area contributed by atoms with Crippen LogP contribution in [0.3, 0.4) is 0 Å². The van der Waals surface area contributed by atoms with Gasteiger partial charge in [-0.15, -0.1) is 0 Å². The van der Waals surface area contributed by atoms with E-state index < -0.39 is 0 Å². The van der Waals surface area contributed by atoms with Gasteiger partial charge in [0.25, 0.3) is 0 Å². The SMILES string of the molecule is CC(CCOC(=O)c1ccccc1)CCOC(=O)c1ccccc1. The maximum Gasteiger partial charge on any atom is 0.338 e. The third-order valence-electron chi connectivity index (χ3n) is 3.71. The first-order valence-electron chi connectivity index (χ1n) is 8.11. The highest BCUT2D eigenvalue weighted by Crippen LogP contribution is 2.10. The predicted octanol–water partition coefficient (Wildman–Crippen LogP) is 4.12. The van der Waals surface area contributed by atoms with E-state index in [1.54, 1.807) is 48.5 Å². The van der Waals surface area contributed by atoms with Crippen LogP contribution in [0.25, 0.3) is 0 Å². The largest absolute Gasteiger partial charge is 0.462 e. The minimum atomic E-state index is -0.307. The van der Waals surface area contributed by atoms with Gasteiger partial charge in [0.05, 0.1) is 24.3 Å². The van der Waals surface area contributed by atoms with Gasteiger partial charge in [0.1, 0.15) is 0 Å². The molecule has 0 aliphatic carbocycles. The van der Waals surface area contributed by atoms with Crippen molar-refractivity contribution in [2.75, 3.05) is 13.2 Å². The van der Waals surface area contributed by atoms with Crippen LogP contribution in [0, 0.1) is 5.92 Å². The number of esters is 2. The van der Waals surface area contributed by atoms with Crippen LogP contribution in [0.4, 0.5) is 0 Å². The molecule has 0 bridgehead atoms. The minimum Gasteiger partial charge on any atom is -0.462 e.